The Hall–Kier alpha value is -1.79. The second kappa shape index (κ2) is 5.90. The van der Waals surface area contributed by atoms with Crippen LogP contribution in [-0.4, -0.2) is 42.3 Å². The second-order valence-electron chi connectivity index (χ2n) is 5.37. The maximum atomic E-state index is 11.7. The Bertz CT molecular complexity index is 375. The maximum Gasteiger partial charge on any atom is 0.408 e. The predicted octanol–water partition coefficient (Wildman–Crippen LogP) is 0.331. The molecule has 0 spiro atoms. The fraction of sp³-hybridized carbons (Fsp3) is 0.750. The molecule has 1 aliphatic heterocycles. The molecule has 0 aliphatic carbocycles. The molecule has 0 radical (unpaired) electrons. The average molecular weight is 272 g/mol. The van der Waals surface area contributed by atoms with Crippen LogP contribution in [0.4, 0.5) is 4.79 Å². The molecule has 0 unspecified atom stereocenters. The number of ether oxygens (including phenoxy) is 2. The van der Waals surface area contributed by atoms with Crippen LogP contribution in [-0.2, 0) is 19.1 Å². The van der Waals surface area contributed by atoms with Crippen LogP contribution in [0, 0.1) is 0 Å². The van der Waals surface area contributed by atoms with E-state index in [2.05, 4.69) is 10.6 Å². The minimum atomic E-state index is -0.872. The van der Waals surface area contributed by atoms with E-state index in [1.165, 1.54) is 6.92 Å². The molecule has 2 N–H and O–H groups in total. The van der Waals surface area contributed by atoms with Crippen molar-refractivity contribution in [2.75, 3.05) is 6.54 Å². The number of hydrogen-bond donors (Lipinski definition) is 2. The Morgan fingerprint density at radius 2 is 2.05 bits per heavy atom. The minimum Gasteiger partial charge on any atom is -0.451 e. The molecule has 2 atom stereocenters. The molecule has 0 aromatic carbocycles. The van der Waals surface area contributed by atoms with Gasteiger partial charge in [0.1, 0.15) is 11.6 Å². The zero-order chi connectivity index (χ0) is 14.6. The SMILES string of the molecule is C[C@H](NC(=O)OC(C)(C)C)C(=O)O[C@H]1CCNC1=O. The van der Waals surface area contributed by atoms with E-state index in [9.17, 15) is 14.4 Å². The summed E-state index contributed by atoms with van der Waals surface area (Å²) >= 11 is 0. The van der Waals surface area contributed by atoms with Gasteiger partial charge in [0.05, 0.1) is 0 Å². The van der Waals surface area contributed by atoms with Gasteiger partial charge >= 0.3 is 12.1 Å². The van der Waals surface area contributed by atoms with Gasteiger partial charge in [-0.3, -0.25) is 4.79 Å². The Kier molecular flexibility index (Phi) is 4.74. The van der Waals surface area contributed by atoms with Gasteiger partial charge in [-0.15, -0.1) is 0 Å². The van der Waals surface area contributed by atoms with Crippen LogP contribution in [0.3, 0.4) is 0 Å². The molecule has 7 nitrogen and oxygen atoms in total. The number of amides is 2. The predicted molar refractivity (Wildman–Crippen MR) is 66.3 cm³/mol. The Morgan fingerprint density at radius 1 is 1.42 bits per heavy atom. The summed E-state index contributed by atoms with van der Waals surface area (Å²) < 4.78 is 10.0. The molecule has 0 bridgehead atoms. The molecule has 2 amide bonds. The Balaban J connectivity index is 2.40. The third kappa shape index (κ3) is 5.15. The summed E-state index contributed by atoms with van der Waals surface area (Å²) in [5.74, 6) is -0.967. The third-order valence-electron chi connectivity index (χ3n) is 2.34. The van der Waals surface area contributed by atoms with Crippen molar-refractivity contribution in [2.45, 2.75) is 51.9 Å². The van der Waals surface area contributed by atoms with Crippen molar-refractivity contribution >= 4 is 18.0 Å². The first kappa shape index (κ1) is 15.3. The van der Waals surface area contributed by atoms with Crippen molar-refractivity contribution in [3.8, 4) is 0 Å². The number of carbonyl (C=O) groups excluding carboxylic acids is 3. The standard InChI is InChI=1S/C12H20N2O5/c1-7(14-11(17)19-12(2,3)4)10(16)18-8-5-6-13-9(8)15/h7-8H,5-6H2,1-4H3,(H,13,15)(H,14,17)/t7-,8-/m0/s1. The van der Waals surface area contributed by atoms with Crippen molar-refractivity contribution in [2.24, 2.45) is 0 Å². The van der Waals surface area contributed by atoms with Crippen LogP contribution >= 0.6 is 0 Å². The van der Waals surface area contributed by atoms with Crippen LogP contribution in [0.5, 0.6) is 0 Å². The van der Waals surface area contributed by atoms with Crippen molar-refractivity contribution in [3.05, 3.63) is 0 Å². The molecular formula is C12H20N2O5. The lowest BCUT2D eigenvalue weighted by Crippen LogP contribution is -2.44. The maximum absolute atomic E-state index is 11.7. The summed E-state index contributed by atoms with van der Waals surface area (Å²) in [6.07, 6.45) is -1.02. The fourth-order valence-electron chi connectivity index (χ4n) is 1.47. The first-order chi connectivity index (χ1) is 8.69. The van der Waals surface area contributed by atoms with E-state index < -0.39 is 29.8 Å². The Morgan fingerprint density at radius 3 is 2.53 bits per heavy atom. The molecular weight excluding hydrogens is 252 g/mol. The molecule has 1 fully saturated rings. The van der Waals surface area contributed by atoms with Gasteiger partial charge in [-0.05, 0) is 27.7 Å². The summed E-state index contributed by atoms with van der Waals surface area (Å²) in [6.45, 7) is 7.12. The van der Waals surface area contributed by atoms with Crippen molar-refractivity contribution in [3.63, 3.8) is 0 Å². The molecule has 1 aliphatic rings. The van der Waals surface area contributed by atoms with Gasteiger partial charge in [0, 0.05) is 13.0 Å². The van der Waals surface area contributed by atoms with E-state index in [4.69, 9.17) is 9.47 Å². The van der Waals surface area contributed by atoms with Gasteiger partial charge in [0.25, 0.3) is 5.91 Å². The molecule has 1 heterocycles. The molecule has 108 valence electrons. The van der Waals surface area contributed by atoms with E-state index in [0.29, 0.717) is 13.0 Å². The molecule has 0 aromatic rings. The van der Waals surface area contributed by atoms with E-state index in [0.717, 1.165) is 0 Å². The monoisotopic (exact) mass is 272 g/mol. The van der Waals surface area contributed by atoms with Crippen LogP contribution in [0.2, 0.25) is 0 Å². The summed E-state index contributed by atoms with van der Waals surface area (Å²) in [6, 6.07) is -0.872. The number of alkyl carbamates (subject to hydrolysis) is 1. The number of esters is 1. The summed E-state index contributed by atoms with van der Waals surface area (Å²) in [7, 11) is 0. The van der Waals surface area contributed by atoms with Gasteiger partial charge in [0.15, 0.2) is 6.10 Å². The lowest BCUT2D eigenvalue weighted by atomic mass is 10.2. The third-order valence-corrected chi connectivity index (χ3v) is 2.34. The van der Waals surface area contributed by atoms with Gasteiger partial charge in [-0.2, -0.15) is 0 Å². The van der Waals surface area contributed by atoms with Crippen molar-refractivity contribution in [1.29, 1.82) is 0 Å². The minimum absolute atomic E-state index is 0.308. The lowest BCUT2D eigenvalue weighted by molar-refractivity contribution is -0.155. The zero-order valence-electron chi connectivity index (χ0n) is 11.6. The van der Waals surface area contributed by atoms with Crippen molar-refractivity contribution in [1.82, 2.24) is 10.6 Å². The Labute approximate surface area is 112 Å². The number of carbonyl (C=O) groups is 3. The fourth-order valence-corrected chi connectivity index (χ4v) is 1.47. The van der Waals surface area contributed by atoms with E-state index in [1.54, 1.807) is 20.8 Å². The van der Waals surface area contributed by atoms with Crippen LogP contribution in [0.25, 0.3) is 0 Å². The second-order valence-corrected chi connectivity index (χ2v) is 5.37. The number of nitrogens with one attached hydrogen (secondary N) is 2. The van der Waals surface area contributed by atoms with Gasteiger partial charge < -0.3 is 20.1 Å². The summed E-state index contributed by atoms with van der Waals surface area (Å²) in [5, 5.41) is 4.92. The van der Waals surface area contributed by atoms with Crippen LogP contribution in [0.1, 0.15) is 34.1 Å². The highest BCUT2D eigenvalue weighted by atomic mass is 16.6. The topological polar surface area (TPSA) is 93.7 Å². The first-order valence-corrected chi connectivity index (χ1v) is 6.17. The summed E-state index contributed by atoms with van der Waals surface area (Å²) in [5.41, 5.74) is -0.640. The lowest BCUT2D eigenvalue weighted by Gasteiger charge is -2.21. The number of hydrogen-bond acceptors (Lipinski definition) is 5. The average Bonchev–Trinajstić information content (AvgIpc) is 2.61. The number of rotatable bonds is 3. The van der Waals surface area contributed by atoms with Crippen molar-refractivity contribution < 1.29 is 23.9 Å². The van der Waals surface area contributed by atoms with E-state index in [1.807, 2.05) is 0 Å². The molecule has 1 saturated heterocycles. The normalized spacial score (nSPS) is 20.4. The van der Waals surface area contributed by atoms with Gasteiger partial charge in [0.2, 0.25) is 0 Å². The quantitative estimate of drug-likeness (QED) is 0.722. The highest BCUT2D eigenvalue weighted by Crippen LogP contribution is 2.08. The van der Waals surface area contributed by atoms with Gasteiger partial charge in [-0.1, -0.05) is 0 Å². The van der Waals surface area contributed by atoms with E-state index >= 15 is 0 Å². The molecule has 7 heteroatoms. The largest absolute Gasteiger partial charge is 0.451 e. The van der Waals surface area contributed by atoms with Crippen LogP contribution in [0.15, 0.2) is 0 Å². The zero-order valence-corrected chi connectivity index (χ0v) is 11.6. The highest BCUT2D eigenvalue weighted by molar-refractivity contribution is 5.87. The van der Waals surface area contributed by atoms with E-state index in [-0.39, 0.29) is 5.91 Å². The van der Waals surface area contributed by atoms with Crippen LogP contribution < -0.4 is 10.6 Å². The smallest absolute Gasteiger partial charge is 0.408 e. The molecule has 0 saturated carbocycles. The van der Waals surface area contributed by atoms with Gasteiger partial charge in [-0.25, -0.2) is 9.59 Å². The highest BCUT2D eigenvalue weighted by Gasteiger charge is 2.30. The molecule has 19 heavy (non-hydrogen) atoms. The first-order valence-electron chi connectivity index (χ1n) is 6.17. The molecule has 1 rings (SSSR count). The molecule has 0 aromatic heterocycles. The summed E-state index contributed by atoms with van der Waals surface area (Å²) in [4.78, 5) is 34.4.